The molecule has 3 nitrogen and oxygen atoms in total. The summed E-state index contributed by atoms with van der Waals surface area (Å²) in [6, 6.07) is 0. The number of hydrogen-bond donors (Lipinski definition) is 1. The minimum Gasteiger partial charge on any atom is -0.375 e. The molecule has 0 bridgehead atoms. The summed E-state index contributed by atoms with van der Waals surface area (Å²) in [6.07, 6.45) is 1.19. The van der Waals surface area contributed by atoms with Gasteiger partial charge in [0.05, 0.1) is 12.7 Å². The molecule has 1 atom stereocenters. The Morgan fingerprint density at radius 1 is 1.38 bits per heavy atom. The Morgan fingerprint density at radius 3 is 2.23 bits per heavy atom. The molecule has 2 N–H and O–H groups in total. The molecule has 0 spiro atoms. The van der Waals surface area contributed by atoms with E-state index in [2.05, 4.69) is 39.8 Å². The molecule has 80 valence electrons. The van der Waals surface area contributed by atoms with E-state index in [-0.39, 0.29) is 11.6 Å². The van der Waals surface area contributed by atoms with Crippen molar-refractivity contribution in [3.8, 4) is 0 Å². The van der Waals surface area contributed by atoms with Gasteiger partial charge in [-0.1, -0.05) is 6.92 Å². The Bertz CT molecular complexity index is 131. The van der Waals surface area contributed by atoms with Gasteiger partial charge in [0.15, 0.2) is 0 Å². The summed E-state index contributed by atoms with van der Waals surface area (Å²) in [5.74, 6) is 0. The molecule has 0 rings (SSSR count). The van der Waals surface area contributed by atoms with Gasteiger partial charge in [0, 0.05) is 12.1 Å². The highest BCUT2D eigenvalue weighted by molar-refractivity contribution is 4.77. The van der Waals surface area contributed by atoms with Crippen LogP contribution in [0.1, 0.15) is 27.2 Å². The quantitative estimate of drug-likeness (QED) is 0.678. The van der Waals surface area contributed by atoms with Gasteiger partial charge in [-0.2, -0.15) is 0 Å². The summed E-state index contributed by atoms with van der Waals surface area (Å²) >= 11 is 0. The SMILES string of the molecule is CCC(CN)OCC(C)(C)N(C)C. The lowest BCUT2D eigenvalue weighted by Crippen LogP contribution is -2.44. The van der Waals surface area contributed by atoms with Gasteiger partial charge in [0.1, 0.15) is 0 Å². The van der Waals surface area contributed by atoms with Crippen molar-refractivity contribution in [1.82, 2.24) is 4.90 Å². The minimum absolute atomic E-state index is 0.0859. The van der Waals surface area contributed by atoms with Crippen LogP contribution in [0.2, 0.25) is 0 Å². The first-order chi connectivity index (χ1) is 5.94. The summed E-state index contributed by atoms with van der Waals surface area (Å²) in [5, 5.41) is 0. The fourth-order valence-electron chi connectivity index (χ4n) is 0.803. The van der Waals surface area contributed by atoms with Gasteiger partial charge in [0.25, 0.3) is 0 Å². The van der Waals surface area contributed by atoms with Crippen LogP contribution in [0.25, 0.3) is 0 Å². The van der Waals surface area contributed by atoms with Crippen molar-refractivity contribution in [3.05, 3.63) is 0 Å². The lowest BCUT2D eigenvalue weighted by Gasteiger charge is -2.33. The molecular formula is C10H24N2O. The van der Waals surface area contributed by atoms with Crippen LogP contribution >= 0.6 is 0 Å². The Morgan fingerprint density at radius 2 is 1.92 bits per heavy atom. The van der Waals surface area contributed by atoms with Crippen LogP contribution in [-0.2, 0) is 4.74 Å². The van der Waals surface area contributed by atoms with Crippen molar-refractivity contribution in [2.24, 2.45) is 5.73 Å². The molecule has 0 aliphatic carbocycles. The van der Waals surface area contributed by atoms with E-state index in [0.29, 0.717) is 6.54 Å². The number of nitrogens with zero attached hydrogens (tertiary/aromatic N) is 1. The van der Waals surface area contributed by atoms with Gasteiger partial charge in [0.2, 0.25) is 0 Å². The first-order valence-corrected chi connectivity index (χ1v) is 4.93. The monoisotopic (exact) mass is 188 g/mol. The molecule has 0 aliphatic heterocycles. The van der Waals surface area contributed by atoms with Crippen LogP contribution in [0, 0.1) is 0 Å². The highest BCUT2D eigenvalue weighted by atomic mass is 16.5. The lowest BCUT2D eigenvalue weighted by molar-refractivity contribution is -0.00891. The standard InChI is InChI=1S/C10H24N2O/c1-6-9(7-11)13-8-10(2,3)12(4)5/h9H,6-8,11H2,1-5H3. The van der Waals surface area contributed by atoms with Crippen molar-refractivity contribution in [1.29, 1.82) is 0 Å². The van der Waals surface area contributed by atoms with E-state index < -0.39 is 0 Å². The van der Waals surface area contributed by atoms with Gasteiger partial charge in [-0.15, -0.1) is 0 Å². The zero-order chi connectivity index (χ0) is 10.5. The Hall–Kier alpha value is -0.120. The van der Waals surface area contributed by atoms with Crippen LogP contribution < -0.4 is 5.73 Å². The van der Waals surface area contributed by atoms with Gasteiger partial charge >= 0.3 is 0 Å². The maximum atomic E-state index is 5.70. The fraction of sp³-hybridized carbons (Fsp3) is 1.00. The highest BCUT2D eigenvalue weighted by Gasteiger charge is 2.21. The summed E-state index contributed by atoms with van der Waals surface area (Å²) < 4.78 is 5.70. The number of ether oxygens (including phenoxy) is 1. The maximum absolute atomic E-state index is 5.70. The third-order valence-electron chi connectivity index (χ3n) is 2.60. The van der Waals surface area contributed by atoms with E-state index in [1.165, 1.54) is 0 Å². The van der Waals surface area contributed by atoms with E-state index in [4.69, 9.17) is 10.5 Å². The summed E-state index contributed by atoms with van der Waals surface area (Å²) in [4.78, 5) is 2.16. The predicted molar refractivity (Wildman–Crippen MR) is 56.9 cm³/mol. The third kappa shape index (κ3) is 4.60. The lowest BCUT2D eigenvalue weighted by atomic mass is 10.1. The first-order valence-electron chi connectivity index (χ1n) is 4.93. The van der Waals surface area contributed by atoms with Crippen molar-refractivity contribution in [2.45, 2.75) is 38.8 Å². The van der Waals surface area contributed by atoms with Crippen LogP contribution in [0.4, 0.5) is 0 Å². The molecular weight excluding hydrogens is 164 g/mol. The molecule has 13 heavy (non-hydrogen) atoms. The molecule has 0 aromatic heterocycles. The van der Waals surface area contributed by atoms with Crippen molar-refractivity contribution in [3.63, 3.8) is 0 Å². The number of nitrogens with two attached hydrogens (primary N) is 1. The topological polar surface area (TPSA) is 38.5 Å². The van der Waals surface area contributed by atoms with E-state index >= 15 is 0 Å². The molecule has 0 saturated carbocycles. The molecule has 0 saturated heterocycles. The number of rotatable bonds is 6. The molecule has 0 aromatic rings. The Labute approximate surface area is 82.2 Å². The Kier molecular flexibility index (Phi) is 5.53. The third-order valence-corrected chi connectivity index (χ3v) is 2.60. The highest BCUT2D eigenvalue weighted by Crippen LogP contribution is 2.11. The molecule has 0 amide bonds. The second-order valence-corrected chi connectivity index (χ2v) is 4.28. The molecule has 3 heteroatoms. The van der Waals surface area contributed by atoms with E-state index in [0.717, 1.165) is 13.0 Å². The number of likely N-dealkylation sites (N-methyl/N-ethyl adjacent to an activating group) is 1. The molecule has 0 heterocycles. The molecule has 0 radical (unpaired) electrons. The van der Waals surface area contributed by atoms with Crippen LogP contribution in [0.15, 0.2) is 0 Å². The zero-order valence-corrected chi connectivity index (χ0v) is 9.63. The largest absolute Gasteiger partial charge is 0.375 e. The molecule has 0 aromatic carbocycles. The average Bonchev–Trinajstić information content (AvgIpc) is 2.06. The predicted octanol–water partition coefficient (Wildman–Crippen LogP) is 1.08. The molecule has 0 aliphatic rings. The summed E-state index contributed by atoms with van der Waals surface area (Å²) in [7, 11) is 4.12. The van der Waals surface area contributed by atoms with E-state index in [1.807, 2.05) is 0 Å². The second kappa shape index (κ2) is 5.58. The van der Waals surface area contributed by atoms with Crippen LogP contribution in [0.5, 0.6) is 0 Å². The molecule has 1 unspecified atom stereocenters. The normalized spacial score (nSPS) is 15.0. The van der Waals surface area contributed by atoms with E-state index in [9.17, 15) is 0 Å². The molecule has 0 fully saturated rings. The Balaban J connectivity index is 3.85. The van der Waals surface area contributed by atoms with E-state index in [1.54, 1.807) is 0 Å². The van der Waals surface area contributed by atoms with Gasteiger partial charge in [-0.25, -0.2) is 0 Å². The first kappa shape index (κ1) is 12.9. The zero-order valence-electron chi connectivity index (χ0n) is 9.63. The summed E-state index contributed by atoms with van der Waals surface area (Å²) in [5.41, 5.74) is 5.64. The van der Waals surface area contributed by atoms with Gasteiger partial charge in [-0.3, -0.25) is 0 Å². The van der Waals surface area contributed by atoms with Crippen molar-refractivity contribution < 1.29 is 4.74 Å². The smallest absolute Gasteiger partial charge is 0.0695 e. The number of hydrogen-bond acceptors (Lipinski definition) is 3. The second-order valence-electron chi connectivity index (χ2n) is 4.28. The van der Waals surface area contributed by atoms with Gasteiger partial charge in [-0.05, 0) is 34.4 Å². The van der Waals surface area contributed by atoms with Crippen molar-refractivity contribution in [2.75, 3.05) is 27.2 Å². The average molecular weight is 188 g/mol. The van der Waals surface area contributed by atoms with Crippen LogP contribution in [0.3, 0.4) is 0 Å². The van der Waals surface area contributed by atoms with Gasteiger partial charge < -0.3 is 15.4 Å². The summed E-state index contributed by atoms with van der Waals surface area (Å²) in [6.45, 7) is 7.77. The van der Waals surface area contributed by atoms with Crippen LogP contribution in [-0.4, -0.2) is 43.8 Å². The minimum atomic E-state index is 0.0859. The fourth-order valence-corrected chi connectivity index (χ4v) is 0.803. The van der Waals surface area contributed by atoms with Crippen molar-refractivity contribution >= 4 is 0 Å². The maximum Gasteiger partial charge on any atom is 0.0695 e.